The lowest BCUT2D eigenvalue weighted by Crippen LogP contribution is -2.39. The minimum absolute atomic E-state index is 0.250. The first-order chi connectivity index (χ1) is 7.43. The zero-order valence-corrected chi connectivity index (χ0v) is 9.54. The van der Waals surface area contributed by atoms with Gasteiger partial charge in [-0.05, 0) is 17.7 Å². The number of benzene rings is 1. The molecule has 0 aromatic heterocycles. The van der Waals surface area contributed by atoms with Crippen molar-refractivity contribution in [3.8, 4) is 0 Å². The van der Waals surface area contributed by atoms with Crippen LogP contribution in [-0.4, -0.2) is 20.7 Å². The van der Waals surface area contributed by atoms with Crippen molar-refractivity contribution in [3.63, 3.8) is 0 Å². The third-order valence-electron chi connectivity index (χ3n) is 1.94. The van der Waals surface area contributed by atoms with Crippen molar-refractivity contribution in [2.45, 2.75) is 11.4 Å². The van der Waals surface area contributed by atoms with E-state index in [-0.39, 0.29) is 11.4 Å². The molecule has 0 heterocycles. The Labute approximate surface area is 93.7 Å². The highest BCUT2D eigenvalue weighted by atomic mass is 32.2. The van der Waals surface area contributed by atoms with Gasteiger partial charge in [-0.15, -0.1) is 0 Å². The first-order valence-electron chi connectivity index (χ1n) is 4.47. The second-order valence-corrected chi connectivity index (χ2v) is 5.26. The first kappa shape index (κ1) is 12.5. The fourth-order valence-corrected chi connectivity index (χ4v) is 1.72. The maximum atomic E-state index is 11.2. The van der Waals surface area contributed by atoms with Crippen LogP contribution in [0.3, 0.4) is 0 Å². The summed E-state index contributed by atoms with van der Waals surface area (Å²) in [5, 5.41) is 2.48. The standard InChI is InChI=1S/C9H13N3O3S/c1-16(14,15)8-4-2-7(3-5-8)6-11-9(13)12-10/h2-5H,6,10H2,1H3,(H2,11,12,13). The van der Waals surface area contributed by atoms with Crippen molar-refractivity contribution in [2.24, 2.45) is 5.84 Å². The van der Waals surface area contributed by atoms with Gasteiger partial charge in [-0.2, -0.15) is 0 Å². The van der Waals surface area contributed by atoms with Crippen LogP contribution >= 0.6 is 0 Å². The smallest absolute Gasteiger partial charge is 0.329 e. The molecule has 4 N–H and O–H groups in total. The number of hydrazine groups is 1. The highest BCUT2D eigenvalue weighted by Gasteiger charge is 2.06. The zero-order chi connectivity index (χ0) is 12.2. The minimum Gasteiger partial charge on any atom is -0.333 e. The molecular formula is C9H13N3O3S. The Morgan fingerprint density at radius 3 is 2.31 bits per heavy atom. The van der Waals surface area contributed by atoms with E-state index in [2.05, 4.69) is 5.32 Å². The van der Waals surface area contributed by atoms with E-state index in [1.807, 2.05) is 5.43 Å². The zero-order valence-electron chi connectivity index (χ0n) is 8.73. The molecule has 2 amide bonds. The molecule has 0 atom stereocenters. The Balaban J connectivity index is 2.69. The van der Waals surface area contributed by atoms with Gasteiger partial charge in [0.15, 0.2) is 9.84 Å². The fourth-order valence-electron chi connectivity index (χ4n) is 1.09. The van der Waals surface area contributed by atoms with E-state index in [1.54, 1.807) is 12.1 Å². The number of amides is 2. The summed E-state index contributed by atoms with van der Waals surface area (Å²) in [7, 11) is -3.18. The van der Waals surface area contributed by atoms with Gasteiger partial charge in [-0.3, -0.25) is 5.43 Å². The van der Waals surface area contributed by atoms with Crippen LogP contribution < -0.4 is 16.6 Å². The molecular weight excluding hydrogens is 230 g/mol. The highest BCUT2D eigenvalue weighted by Crippen LogP contribution is 2.09. The van der Waals surface area contributed by atoms with Crippen LogP contribution in [0.5, 0.6) is 0 Å². The fraction of sp³-hybridized carbons (Fsp3) is 0.222. The van der Waals surface area contributed by atoms with Crippen molar-refractivity contribution in [3.05, 3.63) is 29.8 Å². The molecule has 1 aromatic rings. The molecule has 0 aliphatic carbocycles. The molecule has 0 unspecified atom stereocenters. The van der Waals surface area contributed by atoms with E-state index >= 15 is 0 Å². The summed E-state index contributed by atoms with van der Waals surface area (Å²) in [4.78, 5) is 11.0. The van der Waals surface area contributed by atoms with Crippen LogP contribution in [0.1, 0.15) is 5.56 Å². The maximum Gasteiger partial charge on any atom is 0.329 e. The number of carbonyl (C=O) groups is 1. The van der Waals surface area contributed by atoms with Crippen LogP contribution in [0.15, 0.2) is 29.2 Å². The molecule has 0 aliphatic heterocycles. The Morgan fingerprint density at radius 1 is 1.31 bits per heavy atom. The summed E-state index contributed by atoms with van der Waals surface area (Å²) < 4.78 is 22.3. The predicted molar refractivity (Wildman–Crippen MR) is 59.1 cm³/mol. The van der Waals surface area contributed by atoms with Gasteiger partial charge >= 0.3 is 6.03 Å². The molecule has 0 saturated carbocycles. The van der Waals surface area contributed by atoms with Crippen molar-refractivity contribution < 1.29 is 13.2 Å². The third kappa shape index (κ3) is 3.52. The number of nitrogens with two attached hydrogens (primary N) is 1. The minimum atomic E-state index is -3.18. The molecule has 0 radical (unpaired) electrons. The third-order valence-corrected chi connectivity index (χ3v) is 3.06. The summed E-state index contributed by atoms with van der Waals surface area (Å²) in [6.45, 7) is 0.285. The van der Waals surface area contributed by atoms with Crippen molar-refractivity contribution in [2.75, 3.05) is 6.26 Å². The van der Waals surface area contributed by atoms with E-state index < -0.39 is 15.9 Å². The SMILES string of the molecule is CS(=O)(=O)c1ccc(CNC(=O)NN)cc1. The summed E-state index contributed by atoms with van der Waals surface area (Å²) in [5.41, 5.74) is 2.71. The number of carbonyl (C=O) groups excluding carboxylic acids is 1. The quantitative estimate of drug-likeness (QED) is 0.387. The number of sulfone groups is 1. The normalized spacial score (nSPS) is 10.9. The summed E-state index contributed by atoms with van der Waals surface area (Å²) >= 11 is 0. The summed E-state index contributed by atoms with van der Waals surface area (Å²) in [5.74, 6) is 4.88. The van der Waals surface area contributed by atoms with Crippen LogP contribution in [0.2, 0.25) is 0 Å². The molecule has 0 aliphatic rings. The van der Waals surface area contributed by atoms with E-state index in [0.717, 1.165) is 11.8 Å². The van der Waals surface area contributed by atoms with Gasteiger partial charge in [0, 0.05) is 12.8 Å². The van der Waals surface area contributed by atoms with Gasteiger partial charge in [0.1, 0.15) is 0 Å². The molecule has 0 spiro atoms. The number of rotatable bonds is 3. The van der Waals surface area contributed by atoms with Crippen LogP contribution in [0, 0.1) is 0 Å². The molecule has 1 rings (SSSR count). The Hall–Kier alpha value is -1.60. The summed E-state index contributed by atoms with van der Waals surface area (Å²) in [6.07, 6.45) is 1.14. The maximum absolute atomic E-state index is 11.2. The van der Waals surface area contributed by atoms with Crippen LogP contribution in [0.25, 0.3) is 0 Å². The number of hydrogen-bond acceptors (Lipinski definition) is 4. The van der Waals surface area contributed by atoms with E-state index in [9.17, 15) is 13.2 Å². The van der Waals surface area contributed by atoms with Gasteiger partial charge in [-0.25, -0.2) is 19.1 Å². The molecule has 0 fully saturated rings. The van der Waals surface area contributed by atoms with Gasteiger partial charge in [0.2, 0.25) is 0 Å². The first-order valence-corrected chi connectivity index (χ1v) is 6.36. The number of urea groups is 1. The Morgan fingerprint density at radius 2 is 1.88 bits per heavy atom. The van der Waals surface area contributed by atoms with E-state index in [4.69, 9.17) is 5.84 Å². The average molecular weight is 243 g/mol. The second kappa shape index (κ2) is 4.95. The molecule has 7 heteroatoms. The number of hydrogen-bond donors (Lipinski definition) is 3. The Bertz CT molecular complexity index is 467. The number of nitrogens with one attached hydrogen (secondary N) is 2. The molecule has 0 saturated heterocycles. The van der Waals surface area contributed by atoms with Gasteiger partial charge in [-0.1, -0.05) is 12.1 Å². The van der Waals surface area contributed by atoms with Gasteiger partial charge < -0.3 is 5.32 Å². The summed E-state index contributed by atoms with van der Waals surface area (Å²) in [6, 6.07) is 5.76. The molecule has 0 bridgehead atoms. The lowest BCUT2D eigenvalue weighted by Gasteiger charge is -2.05. The lowest BCUT2D eigenvalue weighted by molar-refractivity contribution is 0.241. The molecule has 1 aromatic carbocycles. The molecule has 6 nitrogen and oxygen atoms in total. The van der Waals surface area contributed by atoms with Gasteiger partial charge in [0.05, 0.1) is 4.90 Å². The van der Waals surface area contributed by atoms with Crippen LogP contribution in [0.4, 0.5) is 4.79 Å². The second-order valence-electron chi connectivity index (χ2n) is 3.24. The van der Waals surface area contributed by atoms with Crippen molar-refractivity contribution in [1.82, 2.24) is 10.7 Å². The monoisotopic (exact) mass is 243 g/mol. The van der Waals surface area contributed by atoms with Crippen LogP contribution in [-0.2, 0) is 16.4 Å². The topological polar surface area (TPSA) is 101 Å². The van der Waals surface area contributed by atoms with E-state index in [0.29, 0.717) is 0 Å². The Kier molecular flexibility index (Phi) is 3.86. The highest BCUT2D eigenvalue weighted by molar-refractivity contribution is 7.90. The largest absolute Gasteiger partial charge is 0.333 e. The average Bonchev–Trinajstić information content (AvgIpc) is 2.25. The van der Waals surface area contributed by atoms with Gasteiger partial charge in [0.25, 0.3) is 0 Å². The molecule has 88 valence electrons. The predicted octanol–water partition coefficient (Wildman–Crippen LogP) is -0.237. The van der Waals surface area contributed by atoms with Crippen molar-refractivity contribution in [1.29, 1.82) is 0 Å². The molecule has 16 heavy (non-hydrogen) atoms. The van der Waals surface area contributed by atoms with E-state index in [1.165, 1.54) is 12.1 Å². The lowest BCUT2D eigenvalue weighted by atomic mass is 10.2. The van der Waals surface area contributed by atoms with Crippen molar-refractivity contribution >= 4 is 15.9 Å².